The normalized spacial score (nSPS) is 11.6. The lowest BCUT2D eigenvalue weighted by Gasteiger charge is -2.15. The number of H-pyrrole nitrogens is 1. The zero-order valence-corrected chi connectivity index (χ0v) is 8.34. The number of aromatic nitrogens is 1. The lowest BCUT2D eigenvalue weighted by molar-refractivity contribution is -0.123. The average Bonchev–Trinajstić information content (AvgIpc) is 2.25. The Hall–Kier alpha value is -1.86. The first-order valence-corrected chi connectivity index (χ1v) is 4.46. The zero-order chi connectivity index (χ0) is 13.1. The van der Waals surface area contributed by atoms with Crippen LogP contribution in [0.15, 0.2) is 23.1 Å². The second-order valence-corrected chi connectivity index (χ2v) is 3.19. The molecule has 0 bridgehead atoms. The zero-order valence-electron chi connectivity index (χ0n) is 8.34. The Balaban J connectivity index is 2.65. The van der Waals surface area contributed by atoms with Crippen molar-refractivity contribution in [3.8, 4) is 0 Å². The first kappa shape index (κ1) is 13.2. The highest BCUT2D eigenvalue weighted by atomic mass is 19.3. The monoisotopic (exact) mass is 252 g/mol. The Labute approximate surface area is 92.6 Å². The molecule has 1 rings (SSSR count). The largest absolute Gasteiger partial charge is 0.346 e. The van der Waals surface area contributed by atoms with E-state index < -0.39 is 30.4 Å². The summed E-state index contributed by atoms with van der Waals surface area (Å²) < 4.78 is 48.5. The average molecular weight is 252 g/mol. The van der Waals surface area contributed by atoms with Crippen LogP contribution in [0.25, 0.3) is 0 Å². The Kier molecular flexibility index (Phi) is 3.87. The van der Waals surface area contributed by atoms with E-state index in [2.05, 4.69) is 4.98 Å². The topological polar surface area (TPSA) is 62.0 Å². The summed E-state index contributed by atoms with van der Waals surface area (Å²) in [4.78, 5) is 24.2. The van der Waals surface area contributed by atoms with Crippen LogP contribution in [-0.2, 0) is 0 Å². The molecule has 1 amide bonds. The van der Waals surface area contributed by atoms with Crippen LogP contribution in [0, 0.1) is 0 Å². The molecule has 1 aromatic heterocycles. The molecule has 8 heteroatoms. The maximum atomic E-state index is 12.5. The molecule has 0 saturated heterocycles. The van der Waals surface area contributed by atoms with Gasteiger partial charge in [-0.3, -0.25) is 9.59 Å². The van der Waals surface area contributed by atoms with Crippen molar-refractivity contribution in [2.45, 2.75) is 12.3 Å². The number of aromatic amines is 1. The van der Waals surface area contributed by atoms with Gasteiger partial charge in [-0.2, -0.15) is 8.78 Å². The molecule has 0 spiro atoms. The molecule has 94 valence electrons. The SMILES string of the molecule is O=C(NCC(F)(F)C(F)F)c1cc[nH]c(=O)c1. The number of alkyl halides is 4. The van der Waals surface area contributed by atoms with E-state index in [0.29, 0.717) is 0 Å². The van der Waals surface area contributed by atoms with Gasteiger partial charge in [0.15, 0.2) is 0 Å². The molecule has 0 atom stereocenters. The summed E-state index contributed by atoms with van der Waals surface area (Å²) in [6.45, 7) is -1.49. The summed E-state index contributed by atoms with van der Waals surface area (Å²) in [5.41, 5.74) is -0.780. The number of halogens is 4. The van der Waals surface area contributed by atoms with Crippen molar-refractivity contribution in [1.29, 1.82) is 0 Å². The standard InChI is InChI=1S/C9H8F4N2O2/c10-8(11)9(12,13)4-15-7(17)5-1-2-14-6(16)3-5/h1-3,8H,4H2,(H,14,16)(H,15,17). The molecule has 4 nitrogen and oxygen atoms in total. The molecule has 0 aromatic carbocycles. The van der Waals surface area contributed by atoms with Crippen molar-refractivity contribution in [1.82, 2.24) is 10.3 Å². The molecule has 0 fully saturated rings. The number of rotatable bonds is 4. The van der Waals surface area contributed by atoms with Crippen LogP contribution in [0.4, 0.5) is 17.6 Å². The number of carbonyl (C=O) groups is 1. The van der Waals surface area contributed by atoms with Gasteiger partial charge in [0.05, 0.1) is 6.54 Å². The van der Waals surface area contributed by atoms with Gasteiger partial charge in [0.25, 0.3) is 5.91 Å². The van der Waals surface area contributed by atoms with E-state index in [4.69, 9.17) is 0 Å². The van der Waals surface area contributed by atoms with Gasteiger partial charge < -0.3 is 10.3 Å². The van der Waals surface area contributed by atoms with Crippen molar-refractivity contribution < 1.29 is 22.4 Å². The number of hydrogen-bond donors (Lipinski definition) is 2. The van der Waals surface area contributed by atoms with Gasteiger partial charge in [-0.15, -0.1) is 0 Å². The van der Waals surface area contributed by atoms with Gasteiger partial charge in [-0.05, 0) is 6.07 Å². The minimum atomic E-state index is -4.29. The van der Waals surface area contributed by atoms with Crippen LogP contribution in [0.3, 0.4) is 0 Å². The summed E-state index contributed by atoms with van der Waals surface area (Å²) in [6, 6.07) is 2.03. The Bertz CT molecular complexity index is 458. The minimum absolute atomic E-state index is 0.182. The fourth-order valence-electron chi connectivity index (χ4n) is 0.963. The first-order chi connectivity index (χ1) is 7.83. The summed E-state index contributed by atoms with van der Waals surface area (Å²) in [7, 11) is 0. The molecule has 0 saturated carbocycles. The first-order valence-electron chi connectivity index (χ1n) is 4.46. The molecular formula is C9H8F4N2O2. The highest BCUT2D eigenvalue weighted by Crippen LogP contribution is 2.21. The van der Waals surface area contributed by atoms with Crippen molar-refractivity contribution >= 4 is 5.91 Å². The lowest BCUT2D eigenvalue weighted by Crippen LogP contribution is -2.41. The van der Waals surface area contributed by atoms with Crippen LogP contribution >= 0.6 is 0 Å². The van der Waals surface area contributed by atoms with Gasteiger partial charge in [-0.1, -0.05) is 0 Å². The predicted octanol–water partition coefficient (Wildman–Crippen LogP) is 1.01. The Morgan fingerprint density at radius 3 is 2.65 bits per heavy atom. The van der Waals surface area contributed by atoms with E-state index >= 15 is 0 Å². The van der Waals surface area contributed by atoms with Crippen molar-refractivity contribution in [3.05, 3.63) is 34.2 Å². The van der Waals surface area contributed by atoms with E-state index in [9.17, 15) is 27.2 Å². The smallest absolute Gasteiger partial charge is 0.324 e. The van der Waals surface area contributed by atoms with Crippen LogP contribution in [0.1, 0.15) is 10.4 Å². The molecule has 0 radical (unpaired) electrons. The van der Waals surface area contributed by atoms with E-state index in [1.54, 1.807) is 5.32 Å². The maximum absolute atomic E-state index is 12.5. The second kappa shape index (κ2) is 4.98. The van der Waals surface area contributed by atoms with Gasteiger partial charge in [-0.25, -0.2) is 8.78 Å². The Morgan fingerprint density at radius 1 is 1.47 bits per heavy atom. The van der Waals surface area contributed by atoms with E-state index in [1.807, 2.05) is 0 Å². The van der Waals surface area contributed by atoms with Crippen LogP contribution < -0.4 is 10.9 Å². The molecule has 17 heavy (non-hydrogen) atoms. The quantitative estimate of drug-likeness (QED) is 0.785. The number of pyridine rings is 1. The number of carbonyl (C=O) groups excluding carboxylic acids is 1. The molecule has 1 heterocycles. The number of nitrogens with one attached hydrogen (secondary N) is 2. The van der Waals surface area contributed by atoms with Gasteiger partial charge in [0.2, 0.25) is 5.56 Å². The van der Waals surface area contributed by atoms with Crippen molar-refractivity contribution in [3.63, 3.8) is 0 Å². The molecule has 2 N–H and O–H groups in total. The van der Waals surface area contributed by atoms with Crippen LogP contribution in [-0.4, -0.2) is 29.8 Å². The van der Waals surface area contributed by atoms with Crippen LogP contribution in [0.2, 0.25) is 0 Å². The van der Waals surface area contributed by atoms with Gasteiger partial charge >= 0.3 is 12.3 Å². The van der Waals surface area contributed by atoms with Crippen molar-refractivity contribution in [2.24, 2.45) is 0 Å². The van der Waals surface area contributed by atoms with E-state index in [1.165, 1.54) is 0 Å². The third-order valence-corrected chi connectivity index (χ3v) is 1.84. The van der Waals surface area contributed by atoms with E-state index in [-0.39, 0.29) is 5.56 Å². The summed E-state index contributed by atoms with van der Waals surface area (Å²) >= 11 is 0. The van der Waals surface area contributed by atoms with E-state index in [0.717, 1.165) is 18.3 Å². The maximum Gasteiger partial charge on any atom is 0.324 e. The van der Waals surface area contributed by atoms with Crippen molar-refractivity contribution in [2.75, 3.05) is 6.54 Å². The molecule has 1 aromatic rings. The molecule has 0 aliphatic heterocycles. The molecular weight excluding hydrogens is 244 g/mol. The summed E-state index contributed by atoms with van der Waals surface area (Å²) in [5.74, 6) is -5.31. The highest BCUT2D eigenvalue weighted by molar-refractivity contribution is 5.93. The van der Waals surface area contributed by atoms with Gasteiger partial charge in [0, 0.05) is 17.8 Å². The Morgan fingerprint density at radius 2 is 2.12 bits per heavy atom. The third kappa shape index (κ3) is 3.58. The second-order valence-electron chi connectivity index (χ2n) is 3.19. The summed E-state index contributed by atoms with van der Waals surface area (Å²) in [5, 5.41) is 1.63. The molecule has 0 aliphatic carbocycles. The predicted molar refractivity (Wildman–Crippen MR) is 50.3 cm³/mol. The minimum Gasteiger partial charge on any atom is -0.346 e. The molecule has 0 aliphatic rings. The lowest BCUT2D eigenvalue weighted by atomic mass is 10.2. The fourth-order valence-corrected chi connectivity index (χ4v) is 0.963. The summed E-state index contributed by atoms with van der Waals surface area (Å²) in [6.07, 6.45) is -2.72. The van der Waals surface area contributed by atoms with Crippen LogP contribution in [0.5, 0.6) is 0 Å². The number of amides is 1. The molecule has 0 unspecified atom stereocenters. The highest BCUT2D eigenvalue weighted by Gasteiger charge is 2.40. The third-order valence-electron chi connectivity index (χ3n) is 1.84. The number of hydrogen-bond acceptors (Lipinski definition) is 2. The van der Waals surface area contributed by atoms with Gasteiger partial charge in [0.1, 0.15) is 0 Å². The fraction of sp³-hybridized carbons (Fsp3) is 0.333.